The van der Waals surface area contributed by atoms with Gasteiger partial charge in [0.15, 0.2) is 0 Å². The van der Waals surface area contributed by atoms with E-state index in [1.165, 1.54) is 10.8 Å². The average molecular weight is 571 g/mol. The third-order valence-electron chi connectivity index (χ3n) is 7.94. The number of H-pyrrole nitrogens is 1. The van der Waals surface area contributed by atoms with E-state index in [0.717, 1.165) is 22.3 Å². The van der Waals surface area contributed by atoms with Gasteiger partial charge in [-0.25, -0.2) is 4.79 Å². The van der Waals surface area contributed by atoms with Crippen LogP contribution in [0, 0.1) is 11.8 Å². The maximum Gasteiger partial charge on any atom is 0.330 e. The fourth-order valence-corrected chi connectivity index (χ4v) is 5.85. The fourth-order valence-electron chi connectivity index (χ4n) is 5.85. The summed E-state index contributed by atoms with van der Waals surface area (Å²) in [5, 5.41) is 19.5. The molecular formula is C36H30N2O5. The van der Waals surface area contributed by atoms with Gasteiger partial charge in [-0.2, -0.15) is 0 Å². The molecule has 5 aromatic rings. The monoisotopic (exact) mass is 570 g/mol. The largest absolute Gasteiger partial charge is 0.394 e. The van der Waals surface area contributed by atoms with Crippen molar-refractivity contribution in [1.82, 2.24) is 9.55 Å². The summed E-state index contributed by atoms with van der Waals surface area (Å²) in [4.78, 5) is 27.3. The summed E-state index contributed by atoms with van der Waals surface area (Å²) in [5.41, 5.74) is 3.35. The van der Waals surface area contributed by atoms with E-state index in [0.29, 0.717) is 5.56 Å². The van der Waals surface area contributed by atoms with E-state index in [2.05, 4.69) is 65.4 Å². The van der Waals surface area contributed by atoms with Crippen LogP contribution >= 0.6 is 0 Å². The molecule has 43 heavy (non-hydrogen) atoms. The highest BCUT2D eigenvalue weighted by molar-refractivity contribution is 5.60. The van der Waals surface area contributed by atoms with E-state index >= 15 is 0 Å². The van der Waals surface area contributed by atoms with Crippen LogP contribution in [0.15, 0.2) is 131 Å². The van der Waals surface area contributed by atoms with Crippen LogP contribution < -0.4 is 11.2 Å². The van der Waals surface area contributed by atoms with Crippen LogP contribution in [0.25, 0.3) is 0 Å². The number of aromatic amines is 1. The van der Waals surface area contributed by atoms with Crippen molar-refractivity contribution in [2.75, 3.05) is 6.61 Å². The highest BCUT2D eigenvalue weighted by atomic mass is 16.5. The lowest BCUT2D eigenvalue weighted by molar-refractivity contribution is -0.0459. The number of benzene rings is 4. The molecule has 0 amide bonds. The molecule has 6 rings (SSSR count). The molecule has 7 nitrogen and oxygen atoms in total. The number of aromatic nitrogens is 2. The predicted molar refractivity (Wildman–Crippen MR) is 164 cm³/mol. The molecule has 0 unspecified atom stereocenters. The Labute approximate surface area is 248 Å². The van der Waals surface area contributed by atoms with E-state index in [9.17, 15) is 19.8 Å². The van der Waals surface area contributed by atoms with Crippen LogP contribution in [-0.4, -0.2) is 38.6 Å². The molecule has 1 saturated heterocycles. The van der Waals surface area contributed by atoms with Crippen molar-refractivity contribution < 1.29 is 14.9 Å². The first-order chi connectivity index (χ1) is 21.0. The normalized spacial score (nSPS) is 18.1. The summed E-state index contributed by atoms with van der Waals surface area (Å²) in [6.45, 7) is -0.376. The maximum absolute atomic E-state index is 12.6. The minimum Gasteiger partial charge on any atom is -0.394 e. The third-order valence-corrected chi connectivity index (χ3v) is 7.94. The van der Waals surface area contributed by atoms with Crippen molar-refractivity contribution >= 4 is 0 Å². The van der Waals surface area contributed by atoms with Crippen molar-refractivity contribution in [2.24, 2.45) is 0 Å². The van der Waals surface area contributed by atoms with Crippen LogP contribution in [0.1, 0.15) is 46.0 Å². The lowest BCUT2D eigenvalue weighted by Gasteiger charge is -2.36. The number of nitrogens with one attached hydrogen (secondary N) is 1. The van der Waals surface area contributed by atoms with Gasteiger partial charge in [-0.15, -0.1) is 0 Å². The number of aliphatic hydroxyl groups excluding tert-OH is 2. The second-order valence-corrected chi connectivity index (χ2v) is 10.5. The summed E-state index contributed by atoms with van der Waals surface area (Å²) in [6.07, 6.45) is -1.09. The molecule has 0 spiro atoms. The molecule has 1 aliphatic heterocycles. The SMILES string of the molecule is O=c1[nH]c(=O)n([C@H]2C[C@H](O)[C@@H](CO)O2)cc1C#Cc1ccc(C(c2ccccc2)(c2ccccc2)c2ccccc2)cc1. The number of hydrogen-bond acceptors (Lipinski definition) is 5. The maximum atomic E-state index is 12.6. The van der Waals surface area contributed by atoms with Crippen LogP contribution in [-0.2, 0) is 10.2 Å². The Morgan fingerprint density at radius 1 is 0.767 bits per heavy atom. The summed E-state index contributed by atoms with van der Waals surface area (Å²) < 4.78 is 6.79. The molecule has 4 aromatic carbocycles. The molecule has 1 fully saturated rings. The fraction of sp³-hybridized carbons (Fsp3) is 0.167. The molecule has 1 aromatic heterocycles. The van der Waals surface area contributed by atoms with Crippen molar-refractivity contribution in [3.63, 3.8) is 0 Å². The standard InChI is InChI=1S/C36H30N2O5/c39-24-32-31(40)22-33(43-32)38-23-26(34(41)37-35(38)42)19-16-25-17-20-30(21-18-25)36(27-10-4-1-5-11-27,28-12-6-2-7-13-28)29-14-8-3-9-15-29/h1-15,17-18,20-21,23,31-33,39-40H,22,24H2,(H,37,41,42)/t31-,32+,33+/m0/s1. The number of ether oxygens (including phenoxy) is 1. The number of aliphatic hydroxyl groups is 2. The zero-order chi connectivity index (χ0) is 29.8. The Balaban J connectivity index is 1.40. The van der Waals surface area contributed by atoms with Gasteiger partial charge in [-0.05, 0) is 34.4 Å². The Hall–Kier alpha value is -5.00. The van der Waals surface area contributed by atoms with Crippen LogP contribution in [0.3, 0.4) is 0 Å². The molecule has 0 radical (unpaired) electrons. The molecule has 3 atom stereocenters. The van der Waals surface area contributed by atoms with Gasteiger partial charge < -0.3 is 14.9 Å². The van der Waals surface area contributed by atoms with Gasteiger partial charge in [0.25, 0.3) is 5.56 Å². The Morgan fingerprint density at radius 3 is 1.77 bits per heavy atom. The number of hydrogen-bond donors (Lipinski definition) is 3. The van der Waals surface area contributed by atoms with Gasteiger partial charge in [0, 0.05) is 18.2 Å². The highest BCUT2D eigenvalue weighted by Gasteiger charge is 2.38. The quantitative estimate of drug-likeness (QED) is 0.212. The topological polar surface area (TPSA) is 105 Å². The number of rotatable bonds is 6. The first kappa shape index (κ1) is 28.1. The second kappa shape index (κ2) is 12.1. The molecule has 3 N–H and O–H groups in total. The third kappa shape index (κ3) is 5.36. The van der Waals surface area contributed by atoms with Crippen LogP contribution in [0.5, 0.6) is 0 Å². The summed E-state index contributed by atoms with van der Waals surface area (Å²) in [6, 6.07) is 39.2. The van der Waals surface area contributed by atoms with Crippen molar-refractivity contribution in [3.8, 4) is 11.8 Å². The summed E-state index contributed by atoms with van der Waals surface area (Å²) in [7, 11) is 0. The second-order valence-electron chi connectivity index (χ2n) is 10.5. The molecule has 7 heteroatoms. The van der Waals surface area contributed by atoms with Gasteiger partial charge in [0.05, 0.1) is 18.1 Å². The van der Waals surface area contributed by atoms with E-state index in [4.69, 9.17) is 4.74 Å². The van der Waals surface area contributed by atoms with Crippen LogP contribution in [0.4, 0.5) is 0 Å². The molecule has 0 aliphatic carbocycles. The number of nitrogens with zero attached hydrogens (tertiary/aromatic N) is 1. The first-order valence-corrected chi connectivity index (χ1v) is 14.1. The summed E-state index contributed by atoms with van der Waals surface area (Å²) >= 11 is 0. The van der Waals surface area contributed by atoms with Crippen molar-refractivity contribution in [2.45, 2.75) is 30.3 Å². The van der Waals surface area contributed by atoms with Gasteiger partial charge in [-0.3, -0.25) is 14.3 Å². The molecule has 1 aliphatic rings. The molecule has 2 heterocycles. The van der Waals surface area contributed by atoms with Gasteiger partial charge in [0.1, 0.15) is 17.9 Å². The first-order valence-electron chi connectivity index (χ1n) is 14.1. The van der Waals surface area contributed by atoms with Gasteiger partial charge in [-0.1, -0.05) is 115 Å². The van der Waals surface area contributed by atoms with Gasteiger partial charge in [0.2, 0.25) is 0 Å². The minimum absolute atomic E-state index is 0.0846. The molecular weight excluding hydrogens is 540 g/mol. The van der Waals surface area contributed by atoms with Crippen molar-refractivity contribution in [3.05, 3.63) is 176 Å². The zero-order valence-corrected chi connectivity index (χ0v) is 23.3. The summed E-state index contributed by atoms with van der Waals surface area (Å²) in [5.74, 6) is 5.94. The Morgan fingerprint density at radius 2 is 1.28 bits per heavy atom. The Kier molecular flexibility index (Phi) is 7.91. The van der Waals surface area contributed by atoms with Gasteiger partial charge >= 0.3 is 5.69 Å². The highest BCUT2D eigenvalue weighted by Crippen LogP contribution is 2.44. The van der Waals surface area contributed by atoms with Crippen molar-refractivity contribution in [1.29, 1.82) is 0 Å². The lowest BCUT2D eigenvalue weighted by atomic mass is 9.65. The molecule has 0 saturated carbocycles. The molecule has 214 valence electrons. The minimum atomic E-state index is -0.920. The molecule has 0 bridgehead atoms. The predicted octanol–water partition coefficient (Wildman–Crippen LogP) is 3.96. The van der Waals surface area contributed by atoms with Crippen LogP contribution in [0.2, 0.25) is 0 Å². The zero-order valence-electron chi connectivity index (χ0n) is 23.3. The van der Waals surface area contributed by atoms with E-state index in [1.807, 2.05) is 66.7 Å². The smallest absolute Gasteiger partial charge is 0.330 e. The lowest BCUT2D eigenvalue weighted by Crippen LogP contribution is -2.33. The Bertz CT molecular complexity index is 1780. The van der Waals surface area contributed by atoms with E-state index in [1.54, 1.807) is 0 Å². The van der Waals surface area contributed by atoms with E-state index < -0.39 is 35.1 Å². The average Bonchev–Trinajstić information content (AvgIpc) is 3.43. The van der Waals surface area contributed by atoms with E-state index in [-0.39, 0.29) is 18.6 Å².